The molecule has 7 heteroatoms. The molecule has 1 unspecified atom stereocenters. The van der Waals surface area contributed by atoms with Crippen molar-refractivity contribution in [2.24, 2.45) is 0 Å². The average molecular weight is 409 g/mol. The van der Waals surface area contributed by atoms with Crippen molar-refractivity contribution in [1.29, 1.82) is 0 Å². The van der Waals surface area contributed by atoms with Gasteiger partial charge in [0.05, 0.1) is 24.3 Å². The quantitative estimate of drug-likeness (QED) is 0.760. The van der Waals surface area contributed by atoms with Crippen molar-refractivity contribution in [2.75, 3.05) is 39.5 Å². The highest BCUT2D eigenvalue weighted by atomic mass is 35.5. The van der Waals surface area contributed by atoms with Crippen molar-refractivity contribution in [3.8, 4) is 5.75 Å². The summed E-state index contributed by atoms with van der Waals surface area (Å²) >= 11 is 12.0. The Hall–Kier alpha value is -1.79. The van der Waals surface area contributed by atoms with Crippen LogP contribution >= 0.6 is 23.2 Å². The Morgan fingerprint density at radius 3 is 2.63 bits per heavy atom. The Morgan fingerprint density at radius 2 is 1.89 bits per heavy atom. The van der Waals surface area contributed by atoms with Crippen molar-refractivity contribution in [1.82, 2.24) is 10.2 Å². The number of nitrogens with zero attached hydrogens (tertiary/aromatic N) is 1. The summed E-state index contributed by atoms with van der Waals surface area (Å²) in [6, 6.07) is 14.7. The van der Waals surface area contributed by atoms with Gasteiger partial charge in [-0.3, -0.25) is 9.69 Å². The second-order valence-electron chi connectivity index (χ2n) is 6.31. The van der Waals surface area contributed by atoms with E-state index in [4.69, 9.17) is 32.7 Å². The summed E-state index contributed by atoms with van der Waals surface area (Å²) in [5, 5.41) is 3.98. The van der Waals surface area contributed by atoms with E-state index in [1.165, 1.54) is 0 Å². The molecular formula is C20H22Cl2N2O3. The van der Waals surface area contributed by atoms with Crippen LogP contribution in [-0.4, -0.2) is 50.3 Å². The molecule has 5 nitrogen and oxygen atoms in total. The fourth-order valence-electron chi connectivity index (χ4n) is 2.93. The number of amides is 1. The van der Waals surface area contributed by atoms with Gasteiger partial charge in [0, 0.05) is 30.7 Å². The summed E-state index contributed by atoms with van der Waals surface area (Å²) in [6.45, 7) is 3.73. The molecule has 1 fully saturated rings. The number of carbonyl (C=O) groups is 1. The highest BCUT2D eigenvalue weighted by Crippen LogP contribution is 2.27. The molecule has 0 spiro atoms. The van der Waals surface area contributed by atoms with Crippen molar-refractivity contribution in [3.63, 3.8) is 0 Å². The molecule has 1 atom stereocenters. The third-order valence-corrected chi connectivity index (χ3v) is 4.88. The summed E-state index contributed by atoms with van der Waals surface area (Å²) in [5.74, 6) is 0.178. The maximum Gasteiger partial charge on any atom is 0.258 e. The van der Waals surface area contributed by atoms with E-state index in [0.717, 1.165) is 25.2 Å². The monoisotopic (exact) mass is 408 g/mol. The van der Waals surface area contributed by atoms with Crippen LogP contribution in [0.5, 0.6) is 5.75 Å². The zero-order valence-corrected chi connectivity index (χ0v) is 16.4. The maximum atomic E-state index is 12.5. The number of hydrogen-bond acceptors (Lipinski definition) is 4. The number of nitrogens with one attached hydrogen (secondary N) is 1. The van der Waals surface area contributed by atoms with Gasteiger partial charge in [0.25, 0.3) is 5.91 Å². The van der Waals surface area contributed by atoms with E-state index in [1.807, 2.05) is 30.3 Å². The standard InChI is InChI=1S/C20H22Cl2N2O3/c21-16-6-7-17(22)19(12-16)27-14-20(25)23-18(15-4-2-1-3-5-15)13-24-8-10-26-11-9-24/h1-7,12,18H,8-11,13-14H2,(H,23,25). The van der Waals surface area contributed by atoms with Crippen LogP contribution in [0, 0.1) is 0 Å². The van der Waals surface area contributed by atoms with Crippen LogP contribution in [0.4, 0.5) is 0 Å². The summed E-state index contributed by atoms with van der Waals surface area (Å²) in [7, 11) is 0. The fraction of sp³-hybridized carbons (Fsp3) is 0.350. The number of hydrogen-bond donors (Lipinski definition) is 1. The van der Waals surface area contributed by atoms with Crippen LogP contribution in [0.3, 0.4) is 0 Å². The molecular weight excluding hydrogens is 387 g/mol. The van der Waals surface area contributed by atoms with Crippen molar-refractivity contribution >= 4 is 29.1 Å². The molecule has 0 aliphatic carbocycles. The Labute approximate surface area is 169 Å². The minimum absolute atomic E-state index is 0.129. The highest BCUT2D eigenvalue weighted by molar-refractivity contribution is 6.34. The molecule has 3 rings (SSSR count). The van der Waals surface area contributed by atoms with Gasteiger partial charge in [-0.25, -0.2) is 0 Å². The van der Waals surface area contributed by atoms with Crippen LogP contribution in [0.2, 0.25) is 10.0 Å². The molecule has 2 aromatic rings. The number of ether oxygens (including phenoxy) is 2. The SMILES string of the molecule is O=C(COc1cc(Cl)ccc1Cl)NC(CN1CCOCC1)c1ccccc1. The zero-order valence-electron chi connectivity index (χ0n) is 14.9. The van der Waals surface area contributed by atoms with Crippen molar-refractivity contribution in [3.05, 3.63) is 64.1 Å². The third kappa shape index (κ3) is 6.11. The summed E-state index contributed by atoms with van der Waals surface area (Å²) in [4.78, 5) is 14.8. The van der Waals surface area contributed by atoms with E-state index in [2.05, 4.69) is 10.2 Å². The summed E-state index contributed by atoms with van der Waals surface area (Å²) in [6.07, 6.45) is 0. The first-order valence-corrected chi connectivity index (χ1v) is 9.59. The van der Waals surface area contributed by atoms with Gasteiger partial charge in [0.2, 0.25) is 0 Å². The van der Waals surface area contributed by atoms with Gasteiger partial charge in [-0.15, -0.1) is 0 Å². The van der Waals surface area contributed by atoms with Crippen LogP contribution in [0.1, 0.15) is 11.6 Å². The van der Waals surface area contributed by atoms with E-state index in [0.29, 0.717) is 29.0 Å². The van der Waals surface area contributed by atoms with E-state index >= 15 is 0 Å². The Kier molecular flexibility index (Phi) is 7.35. The molecule has 0 bridgehead atoms. The van der Waals surface area contributed by atoms with Crippen LogP contribution in [0.15, 0.2) is 48.5 Å². The highest BCUT2D eigenvalue weighted by Gasteiger charge is 2.20. The van der Waals surface area contributed by atoms with Crippen molar-refractivity contribution < 1.29 is 14.3 Å². The molecule has 27 heavy (non-hydrogen) atoms. The zero-order chi connectivity index (χ0) is 19.1. The lowest BCUT2D eigenvalue weighted by atomic mass is 10.1. The largest absolute Gasteiger partial charge is 0.482 e. The van der Waals surface area contributed by atoms with Gasteiger partial charge in [0.1, 0.15) is 5.75 Å². The molecule has 1 heterocycles. The molecule has 0 saturated carbocycles. The molecule has 0 radical (unpaired) electrons. The number of rotatable bonds is 7. The predicted molar refractivity (Wildman–Crippen MR) is 107 cm³/mol. The lowest BCUT2D eigenvalue weighted by Crippen LogP contribution is -2.44. The molecule has 2 aromatic carbocycles. The summed E-state index contributed by atoms with van der Waals surface area (Å²) < 4.78 is 10.9. The van der Waals surface area contributed by atoms with E-state index in [1.54, 1.807) is 18.2 Å². The maximum absolute atomic E-state index is 12.5. The van der Waals surface area contributed by atoms with E-state index < -0.39 is 0 Å². The average Bonchev–Trinajstić information content (AvgIpc) is 2.69. The van der Waals surface area contributed by atoms with E-state index in [9.17, 15) is 4.79 Å². The third-order valence-electron chi connectivity index (χ3n) is 4.33. The molecule has 1 aliphatic rings. The molecule has 1 N–H and O–H groups in total. The lowest BCUT2D eigenvalue weighted by Gasteiger charge is -2.31. The van der Waals surface area contributed by atoms with Crippen LogP contribution in [0.25, 0.3) is 0 Å². The minimum Gasteiger partial charge on any atom is -0.482 e. The second-order valence-corrected chi connectivity index (χ2v) is 7.15. The van der Waals surface area contributed by atoms with E-state index in [-0.39, 0.29) is 18.6 Å². The Morgan fingerprint density at radius 1 is 1.15 bits per heavy atom. The fourth-order valence-corrected chi connectivity index (χ4v) is 3.26. The molecule has 144 valence electrons. The number of benzene rings is 2. The lowest BCUT2D eigenvalue weighted by molar-refractivity contribution is -0.124. The minimum atomic E-state index is -0.215. The van der Waals surface area contributed by atoms with Gasteiger partial charge in [-0.2, -0.15) is 0 Å². The predicted octanol–water partition coefficient (Wildman–Crippen LogP) is 3.56. The van der Waals surface area contributed by atoms with Gasteiger partial charge in [-0.1, -0.05) is 53.5 Å². The number of morpholine rings is 1. The number of halogens is 2. The normalized spacial score (nSPS) is 15.9. The second kappa shape index (κ2) is 9.95. The molecule has 0 aromatic heterocycles. The van der Waals surface area contributed by atoms with Gasteiger partial charge >= 0.3 is 0 Å². The van der Waals surface area contributed by atoms with Gasteiger partial charge in [0.15, 0.2) is 6.61 Å². The molecule has 1 aliphatic heterocycles. The number of carbonyl (C=O) groups excluding carboxylic acids is 1. The van der Waals surface area contributed by atoms with Crippen molar-refractivity contribution in [2.45, 2.75) is 6.04 Å². The molecule has 1 amide bonds. The Balaban J connectivity index is 1.62. The van der Waals surface area contributed by atoms with Gasteiger partial charge < -0.3 is 14.8 Å². The van der Waals surface area contributed by atoms with Crippen LogP contribution in [-0.2, 0) is 9.53 Å². The summed E-state index contributed by atoms with van der Waals surface area (Å²) in [5.41, 5.74) is 1.05. The topological polar surface area (TPSA) is 50.8 Å². The first-order valence-electron chi connectivity index (χ1n) is 8.84. The Bertz CT molecular complexity index is 752. The molecule has 1 saturated heterocycles. The first kappa shape index (κ1) is 20.0. The smallest absolute Gasteiger partial charge is 0.258 e. The van der Waals surface area contributed by atoms with Crippen LogP contribution < -0.4 is 10.1 Å². The first-order chi connectivity index (χ1) is 13.1. The van der Waals surface area contributed by atoms with Gasteiger partial charge in [-0.05, 0) is 17.7 Å².